The van der Waals surface area contributed by atoms with Gasteiger partial charge in [0.1, 0.15) is 5.78 Å². The fraction of sp³-hybridized carbons (Fsp3) is 0.600. The summed E-state index contributed by atoms with van der Waals surface area (Å²) in [6.45, 7) is 4.60. The lowest BCUT2D eigenvalue weighted by Gasteiger charge is -2.25. The minimum atomic E-state index is 0.371. The van der Waals surface area contributed by atoms with Crippen LogP contribution in [0.1, 0.15) is 19.8 Å². The van der Waals surface area contributed by atoms with Gasteiger partial charge in [-0.1, -0.05) is 0 Å². The summed E-state index contributed by atoms with van der Waals surface area (Å²) in [7, 11) is 0. The summed E-state index contributed by atoms with van der Waals surface area (Å²) < 4.78 is 1.91. The maximum absolute atomic E-state index is 11.0. The Morgan fingerprint density at radius 3 is 2.71 bits per heavy atom. The summed E-state index contributed by atoms with van der Waals surface area (Å²) in [4.78, 5) is 13.2. The zero-order valence-corrected chi connectivity index (χ0v) is 8.44. The Kier molecular flexibility index (Phi) is 2.52. The van der Waals surface area contributed by atoms with Crippen molar-refractivity contribution in [2.24, 2.45) is 0 Å². The third kappa shape index (κ3) is 1.78. The number of carbonyl (C=O) groups is 1. The number of hydrogen-bond acceptors (Lipinski definition) is 3. The van der Waals surface area contributed by atoms with Gasteiger partial charge in [0, 0.05) is 44.7 Å². The molecule has 2 rings (SSSR count). The molecule has 0 radical (unpaired) electrons. The summed E-state index contributed by atoms with van der Waals surface area (Å²) >= 11 is 0. The van der Waals surface area contributed by atoms with E-state index >= 15 is 0 Å². The van der Waals surface area contributed by atoms with E-state index < -0.39 is 0 Å². The van der Waals surface area contributed by atoms with E-state index in [-0.39, 0.29) is 0 Å². The first-order chi connectivity index (χ1) is 6.79. The highest BCUT2D eigenvalue weighted by molar-refractivity contribution is 5.80. The summed E-state index contributed by atoms with van der Waals surface area (Å²) in [5, 5.41) is 4.41. The van der Waals surface area contributed by atoms with E-state index in [9.17, 15) is 4.79 Å². The van der Waals surface area contributed by atoms with Crippen molar-refractivity contribution in [3.63, 3.8) is 0 Å². The Hall–Kier alpha value is -1.32. The lowest BCUT2D eigenvalue weighted by molar-refractivity contribution is -0.119. The van der Waals surface area contributed by atoms with Gasteiger partial charge in [0.25, 0.3) is 0 Å². The number of aryl methyl sites for hydroxylation is 1. The molecular formula is C10H15N3O. The summed E-state index contributed by atoms with van der Waals surface area (Å²) in [6, 6.07) is 2.01. The van der Waals surface area contributed by atoms with Gasteiger partial charge < -0.3 is 4.90 Å². The lowest BCUT2D eigenvalue weighted by atomic mass is 10.1. The van der Waals surface area contributed by atoms with Gasteiger partial charge in [0.15, 0.2) is 5.82 Å². The molecule has 2 heterocycles. The van der Waals surface area contributed by atoms with Crippen molar-refractivity contribution in [2.45, 2.75) is 26.3 Å². The van der Waals surface area contributed by atoms with Gasteiger partial charge in [0.05, 0.1) is 0 Å². The number of Topliss-reactive ketones (excluding diaryl/α,β-unsaturated/α-hetero) is 1. The molecule has 0 spiro atoms. The second-order valence-corrected chi connectivity index (χ2v) is 3.56. The first-order valence-electron chi connectivity index (χ1n) is 5.09. The van der Waals surface area contributed by atoms with Gasteiger partial charge in [-0.25, -0.2) is 0 Å². The smallest absolute Gasteiger partial charge is 0.150 e. The monoisotopic (exact) mass is 193 g/mol. The number of anilines is 1. The first kappa shape index (κ1) is 9.24. The number of nitrogens with zero attached hydrogens (tertiary/aromatic N) is 3. The Labute approximate surface area is 83.5 Å². The Bertz CT molecular complexity index is 322. The minimum Gasteiger partial charge on any atom is -0.354 e. The van der Waals surface area contributed by atoms with Crippen LogP contribution in [0.15, 0.2) is 12.3 Å². The second-order valence-electron chi connectivity index (χ2n) is 3.56. The number of carbonyl (C=O) groups excluding carboxylic acids is 1. The Balaban J connectivity index is 2.04. The van der Waals surface area contributed by atoms with E-state index in [4.69, 9.17) is 0 Å². The molecule has 0 atom stereocenters. The minimum absolute atomic E-state index is 0.371. The van der Waals surface area contributed by atoms with Crippen molar-refractivity contribution in [3.8, 4) is 0 Å². The maximum Gasteiger partial charge on any atom is 0.150 e. The average Bonchev–Trinajstić information content (AvgIpc) is 2.67. The van der Waals surface area contributed by atoms with E-state index in [1.807, 2.05) is 16.9 Å². The molecule has 0 unspecified atom stereocenters. The molecule has 1 fully saturated rings. The molecule has 4 heteroatoms. The highest BCUT2D eigenvalue weighted by Crippen LogP contribution is 2.15. The molecule has 4 nitrogen and oxygen atoms in total. The highest BCUT2D eigenvalue weighted by atomic mass is 16.1. The summed E-state index contributed by atoms with van der Waals surface area (Å²) in [6.07, 6.45) is 3.31. The van der Waals surface area contributed by atoms with E-state index in [2.05, 4.69) is 16.9 Å². The number of aromatic nitrogens is 2. The maximum atomic E-state index is 11.0. The van der Waals surface area contributed by atoms with E-state index in [0.717, 1.165) is 25.5 Å². The molecule has 0 bridgehead atoms. The molecule has 1 aliphatic rings. The van der Waals surface area contributed by atoms with Crippen LogP contribution in [0.3, 0.4) is 0 Å². The molecule has 0 amide bonds. The van der Waals surface area contributed by atoms with Crippen LogP contribution < -0.4 is 4.90 Å². The van der Waals surface area contributed by atoms with Crippen molar-refractivity contribution in [1.29, 1.82) is 0 Å². The quantitative estimate of drug-likeness (QED) is 0.705. The van der Waals surface area contributed by atoms with Crippen molar-refractivity contribution >= 4 is 11.6 Å². The predicted octanol–water partition coefficient (Wildman–Crippen LogP) is 1.07. The molecular weight excluding hydrogens is 178 g/mol. The van der Waals surface area contributed by atoms with Crippen LogP contribution in [0.2, 0.25) is 0 Å². The Morgan fingerprint density at radius 1 is 1.43 bits per heavy atom. The third-order valence-electron chi connectivity index (χ3n) is 2.60. The lowest BCUT2D eigenvalue weighted by Crippen LogP contribution is -2.34. The van der Waals surface area contributed by atoms with Gasteiger partial charge in [-0.3, -0.25) is 9.48 Å². The van der Waals surface area contributed by atoms with Crippen molar-refractivity contribution in [3.05, 3.63) is 12.3 Å². The van der Waals surface area contributed by atoms with Crippen molar-refractivity contribution in [1.82, 2.24) is 9.78 Å². The van der Waals surface area contributed by atoms with Crippen LogP contribution in [0.4, 0.5) is 5.82 Å². The number of rotatable bonds is 2. The largest absolute Gasteiger partial charge is 0.354 e. The van der Waals surface area contributed by atoms with Gasteiger partial charge in [-0.15, -0.1) is 0 Å². The van der Waals surface area contributed by atoms with Gasteiger partial charge in [-0.05, 0) is 6.92 Å². The molecule has 0 N–H and O–H groups in total. The summed E-state index contributed by atoms with van der Waals surface area (Å²) in [5.74, 6) is 1.37. The van der Waals surface area contributed by atoms with Crippen molar-refractivity contribution in [2.75, 3.05) is 18.0 Å². The molecule has 1 aromatic heterocycles. The van der Waals surface area contributed by atoms with Crippen LogP contribution in [0.25, 0.3) is 0 Å². The second kappa shape index (κ2) is 3.82. The van der Waals surface area contributed by atoms with Crippen LogP contribution in [0.5, 0.6) is 0 Å². The van der Waals surface area contributed by atoms with Crippen LogP contribution >= 0.6 is 0 Å². The van der Waals surface area contributed by atoms with Gasteiger partial charge in [-0.2, -0.15) is 5.10 Å². The molecule has 76 valence electrons. The average molecular weight is 193 g/mol. The molecule has 14 heavy (non-hydrogen) atoms. The topological polar surface area (TPSA) is 38.1 Å². The predicted molar refractivity (Wildman–Crippen MR) is 54.4 cm³/mol. The van der Waals surface area contributed by atoms with Gasteiger partial charge >= 0.3 is 0 Å². The number of piperidine rings is 1. The van der Waals surface area contributed by atoms with E-state index in [1.165, 1.54) is 0 Å². The number of ketones is 1. The van der Waals surface area contributed by atoms with Crippen LogP contribution in [-0.2, 0) is 11.3 Å². The Morgan fingerprint density at radius 2 is 2.14 bits per heavy atom. The van der Waals surface area contributed by atoms with Crippen LogP contribution in [0, 0.1) is 0 Å². The van der Waals surface area contributed by atoms with E-state index in [0.29, 0.717) is 18.6 Å². The number of hydrogen-bond donors (Lipinski definition) is 0. The fourth-order valence-corrected chi connectivity index (χ4v) is 1.68. The molecule has 0 saturated carbocycles. The zero-order valence-electron chi connectivity index (χ0n) is 8.44. The normalized spacial score (nSPS) is 17.5. The molecule has 1 aromatic rings. The van der Waals surface area contributed by atoms with Gasteiger partial charge in [0.2, 0.25) is 0 Å². The molecule has 1 aliphatic heterocycles. The van der Waals surface area contributed by atoms with Crippen molar-refractivity contribution < 1.29 is 4.79 Å². The first-order valence-corrected chi connectivity index (χ1v) is 5.09. The molecule has 1 saturated heterocycles. The third-order valence-corrected chi connectivity index (χ3v) is 2.60. The highest BCUT2D eigenvalue weighted by Gasteiger charge is 2.17. The standard InChI is InChI=1S/C10H15N3O/c1-2-13-8-5-10(11-13)12-6-3-9(14)4-7-12/h5,8H,2-4,6-7H2,1H3. The summed E-state index contributed by atoms with van der Waals surface area (Å²) in [5.41, 5.74) is 0. The van der Waals surface area contributed by atoms with E-state index in [1.54, 1.807) is 0 Å². The zero-order chi connectivity index (χ0) is 9.97. The molecule has 0 aromatic carbocycles. The fourth-order valence-electron chi connectivity index (χ4n) is 1.68. The van der Waals surface area contributed by atoms with Crippen LogP contribution in [-0.4, -0.2) is 28.7 Å². The SMILES string of the molecule is CCn1ccc(N2CCC(=O)CC2)n1. The molecule has 0 aliphatic carbocycles.